The highest BCUT2D eigenvalue weighted by Gasteiger charge is 2.19. The molecule has 0 aliphatic rings. The molecule has 0 saturated carbocycles. The molecule has 0 spiro atoms. The van der Waals surface area contributed by atoms with Crippen LogP contribution in [-0.4, -0.2) is 31.2 Å². The number of amides is 1. The molecule has 1 amide bonds. The van der Waals surface area contributed by atoms with Crippen LogP contribution in [0.15, 0.2) is 49.3 Å². The monoisotopic (exact) mass is 425 g/mol. The summed E-state index contributed by atoms with van der Waals surface area (Å²) in [6.07, 6.45) is 6.49. The van der Waals surface area contributed by atoms with E-state index in [1.54, 1.807) is 17.8 Å². The van der Waals surface area contributed by atoms with Crippen molar-refractivity contribution in [3.63, 3.8) is 0 Å². The highest BCUT2D eigenvalue weighted by molar-refractivity contribution is 6.16. The van der Waals surface area contributed by atoms with Crippen molar-refractivity contribution < 1.29 is 22.8 Å². The summed E-state index contributed by atoms with van der Waals surface area (Å²) in [5.41, 5.74) is 0.733. The molecular weight excluding hydrogens is 411 g/mol. The fourth-order valence-corrected chi connectivity index (χ4v) is 3.19. The quantitative estimate of drug-likeness (QED) is 0.496. The Hall–Kier alpha value is -4.08. The first-order chi connectivity index (χ1) is 14.8. The van der Waals surface area contributed by atoms with Gasteiger partial charge >= 0.3 is 0 Å². The number of halogens is 3. The van der Waals surface area contributed by atoms with Crippen molar-refractivity contribution in [2.45, 2.75) is 6.42 Å². The number of aromatic nitrogens is 4. The maximum absolute atomic E-state index is 13.8. The number of anilines is 1. The molecule has 7 nitrogen and oxygen atoms in total. The SMILES string of the molecule is Cn1cc(C(=O)c2cncc(NC(=O)Cc3c(F)cc(F)cc3F)c2)c2cncnc21. The van der Waals surface area contributed by atoms with Crippen molar-refractivity contribution >= 4 is 28.4 Å². The van der Waals surface area contributed by atoms with Crippen LogP contribution in [0, 0.1) is 17.5 Å². The topological polar surface area (TPSA) is 89.8 Å². The zero-order valence-corrected chi connectivity index (χ0v) is 16.1. The molecule has 0 radical (unpaired) electrons. The fraction of sp³-hybridized carbons (Fsp3) is 0.0952. The molecule has 10 heteroatoms. The molecule has 1 aromatic carbocycles. The first-order valence-electron chi connectivity index (χ1n) is 9.01. The largest absolute Gasteiger partial charge is 0.335 e. The average Bonchev–Trinajstić information content (AvgIpc) is 3.07. The zero-order chi connectivity index (χ0) is 22.1. The van der Waals surface area contributed by atoms with E-state index in [2.05, 4.69) is 20.3 Å². The molecule has 0 aliphatic carbocycles. The van der Waals surface area contributed by atoms with Gasteiger partial charge in [0, 0.05) is 54.3 Å². The highest BCUT2D eigenvalue weighted by atomic mass is 19.1. The minimum absolute atomic E-state index is 0.162. The highest BCUT2D eigenvalue weighted by Crippen LogP contribution is 2.22. The second-order valence-corrected chi connectivity index (χ2v) is 6.78. The van der Waals surface area contributed by atoms with Crippen LogP contribution in [0.1, 0.15) is 21.5 Å². The predicted molar refractivity (Wildman–Crippen MR) is 105 cm³/mol. The summed E-state index contributed by atoms with van der Waals surface area (Å²) in [5.74, 6) is -4.51. The second-order valence-electron chi connectivity index (χ2n) is 6.78. The Morgan fingerprint density at radius 2 is 1.77 bits per heavy atom. The van der Waals surface area contributed by atoms with Crippen LogP contribution in [0.2, 0.25) is 0 Å². The van der Waals surface area contributed by atoms with Gasteiger partial charge in [-0.05, 0) is 6.07 Å². The Bertz CT molecular complexity index is 1310. The number of nitrogens with one attached hydrogen (secondary N) is 1. The van der Waals surface area contributed by atoms with Crippen LogP contribution in [0.25, 0.3) is 11.0 Å². The van der Waals surface area contributed by atoms with E-state index >= 15 is 0 Å². The van der Waals surface area contributed by atoms with Crippen LogP contribution < -0.4 is 5.32 Å². The minimum atomic E-state index is -1.16. The Labute approximate surface area is 173 Å². The summed E-state index contributed by atoms with van der Waals surface area (Å²) in [7, 11) is 1.74. The number of ketones is 1. The average molecular weight is 425 g/mol. The molecule has 0 saturated heterocycles. The molecule has 0 atom stereocenters. The maximum atomic E-state index is 13.8. The molecule has 0 unspecified atom stereocenters. The zero-order valence-electron chi connectivity index (χ0n) is 16.1. The summed E-state index contributed by atoms with van der Waals surface area (Å²) < 4.78 is 42.2. The lowest BCUT2D eigenvalue weighted by Gasteiger charge is -2.08. The third kappa shape index (κ3) is 4.00. The van der Waals surface area contributed by atoms with Gasteiger partial charge in [0.15, 0.2) is 5.78 Å². The van der Waals surface area contributed by atoms with Crippen molar-refractivity contribution in [3.05, 3.63) is 83.5 Å². The van der Waals surface area contributed by atoms with Crippen LogP contribution in [0.3, 0.4) is 0 Å². The van der Waals surface area contributed by atoms with E-state index in [1.807, 2.05) is 0 Å². The second kappa shape index (κ2) is 7.98. The summed E-state index contributed by atoms with van der Waals surface area (Å²) in [4.78, 5) is 37.2. The van der Waals surface area contributed by atoms with Crippen LogP contribution in [-0.2, 0) is 18.3 Å². The molecule has 156 valence electrons. The van der Waals surface area contributed by atoms with Crippen molar-refractivity contribution in [2.75, 3.05) is 5.32 Å². The van der Waals surface area contributed by atoms with E-state index < -0.39 is 35.3 Å². The van der Waals surface area contributed by atoms with E-state index in [0.29, 0.717) is 28.7 Å². The van der Waals surface area contributed by atoms with E-state index in [-0.39, 0.29) is 17.0 Å². The number of pyridine rings is 1. The number of hydrogen-bond acceptors (Lipinski definition) is 5. The van der Waals surface area contributed by atoms with Gasteiger partial charge in [-0.1, -0.05) is 0 Å². The van der Waals surface area contributed by atoms with E-state index in [4.69, 9.17) is 0 Å². The van der Waals surface area contributed by atoms with Gasteiger partial charge in [0.2, 0.25) is 5.91 Å². The summed E-state index contributed by atoms with van der Waals surface area (Å²) in [6.45, 7) is 0. The number of hydrogen-bond donors (Lipinski definition) is 1. The molecule has 4 aromatic rings. The van der Waals surface area contributed by atoms with E-state index in [9.17, 15) is 22.8 Å². The molecule has 0 aliphatic heterocycles. The molecule has 3 heterocycles. The van der Waals surface area contributed by atoms with Gasteiger partial charge < -0.3 is 9.88 Å². The van der Waals surface area contributed by atoms with Gasteiger partial charge in [-0.25, -0.2) is 23.1 Å². The number of fused-ring (bicyclic) bond motifs is 1. The van der Waals surface area contributed by atoms with Crippen LogP contribution >= 0.6 is 0 Å². The lowest BCUT2D eigenvalue weighted by Crippen LogP contribution is -2.17. The molecule has 0 fully saturated rings. The van der Waals surface area contributed by atoms with Crippen molar-refractivity contribution in [2.24, 2.45) is 7.05 Å². The normalized spacial score (nSPS) is 11.0. The minimum Gasteiger partial charge on any atom is -0.335 e. The van der Waals surface area contributed by atoms with Gasteiger partial charge in [0.05, 0.1) is 23.9 Å². The van der Waals surface area contributed by atoms with Gasteiger partial charge in [0.25, 0.3) is 0 Å². The molecule has 31 heavy (non-hydrogen) atoms. The third-order valence-electron chi connectivity index (χ3n) is 4.61. The van der Waals surface area contributed by atoms with Crippen LogP contribution in [0.4, 0.5) is 18.9 Å². The molecule has 0 bridgehead atoms. The lowest BCUT2D eigenvalue weighted by atomic mass is 10.1. The Kier molecular flexibility index (Phi) is 5.20. The fourth-order valence-electron chi connectivity index (χ4n) is 3.19. The van der Waals surface area contributed by atoms with Gasteiger partial charge in [-0.15, -0.1) is 0 Å². The molecular formula is C21H14F3N5O2. The summed E-state index contributed by atoms with van der Waals surface area (Å²) in [5, 5.41) is 3.00. The lowest BCUT2D eigenvalue weighted by molar-refractivity contribution is -0.115. The van der Waals surface area contributed by atoms with Gasteiger partial charge in [-0.3, -0.25) is 14.6 Å². The third-order valence-corrected chi connectivity index (χ3v) is 4.61. The number of nitrogens with zero attached hydrogens (tertiary/aromatic N) is 4. The van der Waals surface area contributed by atoms with Gasteiger partial charge in [0.1, 0.15) is 29.4 Å². The number of carbonyl (C=O) groups excluding carboxylic acids is 2. The van der Waals surface area contributed by atoms with E-state index in [1.165, 1.54) is 31.0 Å². The smallest absolute Gasteiger partial charge is 0.229 e. The van der Waals surface area contributed by atoms with Crippen LogP contribution in [0.5, 0.6) is 0 Å². The first-order valence-corrected chi connectivity index (χ1v) is 9.01. The Morgan fingerprint density at radius 3 is 2.52 bits per heavy atom. The Balaban J connectivity index is 1.56. The summed E-state index contributed by atoms with van der Waals surface area (Å²) >= 11 is 0. The summed E-state index contributed by atoms with van der Waals surface area (Å²) in [6, 6.07) is 2.40. The van der Waals surface area contributed by atoms with Crippen molar-refractivity contribution in [1.82, 2.24) is 19.5 Å². The maximum Gasteiger partial charge on any atom is 0.229 e. The van der Waals surface area contributed by atoms with E-state index in [0.717, 1.165) is 0 Å². The molecule has 4 rings (SSSR count). The molecule has 1 N–H and O–H groups in total. The predicted octanol–water partition coefficient (Wildman–Crippen LogP) is 3.19. The first kappa shape index (κ1) is 20.2. The molecule has 3 aromatic heterocycles. The number of benzene rings is 1. The van der Waals surface area contributed by atoms with Gasteiger partial charge in [-0.2, -0.15) is 0 Å². The number of aryl methyl sites for hydroxylation is 1. The number of rotatable bonds is 5. The number of carbonyl (C=O) groups is 2. The van der Waals surface area contributed by atoms with Crippen molar-refractivity contribution in [3.8, 4) is 0 Å². The standard InChI is InChI=1S/C21H14F3N5O2/c1-29-9-16(15-8-26-10-27-21(15)29)20(31)11-2-13(7-25-6-11)28-19(30)5-14-17(23)3-12(22)4-18(14)24/h2-4,6-10H,5H2,1H3,(H,28,30). The Morgan fingerprint density at radius 1 is 1.03 bits per heavy atom. The van der Waals surface area contributed by atoms with Crippen molar-refractivity contribution in [1.29, 1.82) is 0 Å².